The van der Waals surface area contributed by atoms with Crippen LogP contribution in [0, 0.1) is 11.7 Å². The van der Waals surface area contributed by atoms with Crippen molar-refractivity contribution in [3.63, 3.8) is 0 Å². The highest BCUT2D eigenvalue weighted by Gasteiger charge is 2.19. The minimum absolute atomic E-state index is 0.332. The largest absolute Gasteiger partial charge is 0.383 e. The molecule has 2 heterocycles. The number of halogens is 1. The van der Waals surface area contributed by atoms with Crippen molar-refractivity contribution in [3.8, 4) is 11.3 Å². The summed E-state index contributed by atoms with van der Waals surface area (Å²) in [7, 11) is 0. The number of nitrogens with zero attached hydrogens (tertiary/aromatic N) is 4. The van der Waals surface area contributed by atoms with E-state index < -0.39 is 0 Å². The number of hydrogen-bond donors (Lipinski definition) is 2. The molecule has 0 amide bonds. The van der Waals surface area contributed by atoms with Gasteiger partial charge >= 0.3 is 0 Å². The van der Waals surface area contributed by atoms with E-state index in [9.17, 15) is 4.39 Å². The molecule has 4 aromatic rings. The van der Waals surface area contributed by atoms with Gasteiger partial charge in [-0.3, -0.25) is 0 Å². The van der Waals surface area contributed by atoms with Crippen LogP contribution in [0.5, 0.6) is 0 Å². The standard InChI is InChI=1S/C22H23FN6/c1-14(2)12-25-22-26-19(16-9-6-10-17(23)11-16)18-20(24)29(28-21(18)27-22)13-15-7-4-3-5-8-15/h3-11,14H,12-13,24H2,1-2H3,(H,25,27,28). The Kier molecular flexibility index (Phi) is 5.12. The van der Waals surface area contributed by atoms with Crippen LogP contribution in [0.4, 0.5) is 16.2 Å². The molecule has 0 aliphatic heterocycles. The van der Waals surface area contributed by atoms with E-state index >= 15 is 0 Å². The van der Waals surface area contributed by atoms with Crippen LogP contribution in [-0.2, 0) is 6.54 Å². The maximum atomic E-state index is 13.9. The van der Waals surface area contributed by atoms with E-state index in [0.29, 0.717) is 53.1 Å². The highest BCUT2D eigenvalue weighted by atomic mass is 19.1. The van der Waals surface area contributed by atoms with Gasteiger partial charge in [-0.05, 0) is 23.6 Å². The van der Waals surface area contributed by atoms with Crippen molar-refractivity contribution in [2.24, 2.45) is 5.92 Å². The average molecular weight is 390 g/mol. The Morgan fingerprint density at radius 3 is 2.59 bits per heavy atom. The van der Waals surface area contributed by atoms with Gasteiger partial charge in [-0.2, -0.15) is 4.98 Å². The van der Waals surface area contributed by atoms with Crippen LogP contribution in [0.25, 0.3) is 22.3 Å². The van der Waals surface area contributed by atoms with Crippen molar-refractivity contribution in [2.75, 3.05) is 17.6 Å². The third kappa shape index (κ3) is 4.03. The molecule has 2 aromatic heterocycles. The highest BCUT2D eigenvalue weighted by Crippen LogP contribution is 2.32. The van der Waals surface area contributed by atoms with Crippen molar-refractivity contribution in [3.05, 3.63) is 66.0 Å². The van der Waals surface area contributed by atoms with Crippen LogP contribution in [0.1, 0.15) is 19.4 Å². The lowest BCUT2D eigenvalue weighted by Gasteiger charge is -2.10. The van der Waals surface area contributed by atoms with Gasteiger partial charge in [0, 0.05) is 12.1 Å². The second kappa shape index (κ2) is 7.87. The van der Waals surface area contributed by atoms with Gasteiger partial charge in [0.2, 0.25) is 5.95 Å². The number of nitrogens with two attached hydrogens (primary N) is 1. The monoisotopic (exact) mass is 390 g/mol. The Bertz CT molecular complexity index is 1140. The summed E-state index contributed by atoms with van der Waals surface area (Å²) in [6.07, 6.45) is 0. The van der Waals surface area contributed by atoms with Gasteiger partial charge in [0.15, 0.2) is 5.65 Å². The van der Waals surface area contributed by atoms with Gasteiger partial charge in [0.1, 0.15) is 11.6 Å². The van der Waals surface area contributed by atoms with E-state index in [2.05, 4.69) is 34.2 Å². The summed E-state index contributed by atoms with van der Waals surface area (Å²) < 4.78 is 15.6. The molecule has 0 saturated heterocycles. The number of aromatic nitrogens is 4. The first-order chi connectivity index (χ1) is 14.0. The van der Waals surface area contributed by atoms with Gasteiger partial charge in [0.05, 0.1) is 17.6 Å². The van der Waals surface area contributed by atoms with Crippen LogP contribution >= 0.6 is 0 Å². The molecule has 2 aromatic carbocycles. The molecule has 6 nitrogen and oxygen atoms in total. The quantitative estimate of drug-likeness (QED) is 0.512. The summed E-state index contributed by atoms with van der Waals surface area (Å²) in [6.45, 7) is 5.44. The maximum Gasteiger partial charge on any atom is 0.225 e. The molecule has 4 rings (SSSR count). The third-order valence-corrected chi connectivity index (χ3v) is 4.58. The molecule has 0 aliphatic carbocycles. The molecule has 0 atom stereocenters. The molecule has 0 unspecified atom stereocenters. The normalized spacial score (nSPS) is 11.3. The Morgan fingerprint density at radius 2 is 1.86 bits per heavy atom. The summed E-state index contributed by atoms with van der Waals surface area (Å²) in [5.74, 6) is 1.00. The topological polar surface area (TPSA) is 81.6 Å². The molecule has 3 N–H and O–H groups in total. The molecule has 7 heteroatoms. The average Bonchev–Trinajstić information content (AvgIpc) is 3.02. The van der Waals surface area contributed by atoms with E-state index in [-0.39, 0.29) is 5.82 Å². The molecule has 29 heavy (non-hydrogen) atoms. The predicted molar refractivity (Wildman–Crippen MR) is 114 cm³/mol. The molecule has 148 valence electrons. The lowest BCUT2D eigenvalue weighted by Crippen LogP contribution is -2.11. The molecule has 0 radical (unpaired) electrons. The number of benzene rings is 2. The Balaban J connectivity index is 1.85. The summed E-state index contributed by atoms with van der Waals surface area (Å²) in [5.41, 5.74) is 9.20. The number of rotatable bonds is 6. The molecule has 0 fully saturated rings. The first-order valence-electron chi connectivity index (χ1n) is 9.59. The zero-order valence-electron chi connectivity index (χ0n) is 16.4. The number of nitrogen functional groups attached to an aromatic ring is 1. The Labute approximate surface area is 168 Å². The highest BCUT2D eigenvalue weighted by molar-refractivity contribution is 5.98. The lowest BCUT2D eigenvalue weighted by atomic mass is 10.1. The van der Waals surface area contributed by atoms with E-state index in [1.165, 1.54) is 12.1 Å². The Morgan fingerprint density at radius 1 is 1.07 bits per heavy atom. The number of hydrogen-bond acceptors (Lipinski definition) is 5. The number of fused-ring (bicyclic) bond motifs is 1. The SMILES string of the molecule is CC(C)CNc1nc(-c2cccc(F)c2)c2c(N)n(Cc3ccccc3)nc2n1. The van der Waals surface area contributed by atoms with Crippen LogP contribution in [0.2, 0.25) is 0 Å². The minimum atomic E-state index is -0.332. The maximum absolute atomic E-state index is 13.9. The van der Waals surface area contributed by atoms with Crippen molar-refractivity contribution in [1.29, 1.82) is 0 Å². The van der Waals surface area contributed by atoms with Crippen molar-refractivity contribution in [1.82, 2.24) is 19.7 Å². The summed E-state index contributed by atoms with van der Waals surface area (Å²) in [5, 5.41) is 8.47. The fraction of sp³-hybridized carbons (Fsp3) is 0.227. The van der Waals surface area contributed by atoms with Crippen molar-refractivity contribution >= 4 is 22.8 Å². The molecule has 0 spiro atoms. The molecule has 0 saturated carbocycles. The second-order valence-corrected chi connectivity index (χ2v) is 7.41. The summed E-state index contributed by atoms with van der Waals surface area (Å²) >= 11 is 0. The van der Waals surface area contributed by atoms with Crippen molar-refractivity contribution < 1.29 is 4.39 Å². The zero-order chi connectivity index (χ0) is 20.4. The van der Waals surface area contributed by atoms with Crippen LogP contribution in [-0.4, -0.2) is 26.3 Å². The lowest BCUT2D eigenvalue weighted by molar-refractivity contribution is 0.628. The Hall–Kier alpha value is -3.48. The van der Waals surface area contributed by atoms with E-state index in [1.807, 2.05) is 36.4 Å². The fourth-order valence-electron chi connectivity index (χ4n) is 3.15. The van der Waals surface area contributed by atoms with Gasteiger partial charge in [-0.25, -0.2) is 14.1 Å². The molecule has 0 bridgehead atoms. The summed E-state index contributed by atoms with van der Waals surface area (Å²) in [6, 6.07) is 16.3. The molecular formula is C22H23FN6. The van der Waals surface area contributed by atoms with Crippen molar-refractivity contribution in [2.45, 2.75) is 20.4 Å². The van der Waals surface area contributed by atoms with E-state index in [0.717, 1.165) is 5.56 Å². The first-order valence-corrected chi connectivity index (χ1v) is 9.59. The minimum Gasteiger partial charge on any atom is -0.383 e. The predicted octanol–water partition coefficient (Wildman–Crippen LogP) is 4.33. The van der Waals surface area contributed by atoms with Crippen LogP contribution < -0.4 is 11.1 Å². The number of anilines is 2. The van der Waals surface area contributed by atoms with E-state index in [1.54, 1.807) is 10.7 Å². The second-order valence-electron chi connectivity index (χ2n) is 7.41. The van der Waals surface area contributed by atoms with Gasteiger partial charge in [0.25, 0.3) is 0 Å². The fourth-order valence-corrected chi connectivity index (χ4v) is 3.15. The zero-order valence-corrected chi connectivity index (χ0v) is 16.4. The molecule has 0 aliphatic rings. The van der Waals surface area contributed by atoms with Gasteiger partial charge in [-0.15, -0.1) is 5.10 Å². The smallest absolute Gasteiger partial charge is 0.225 e. The number of nitrogens with one attached hydrogen (secondary N) is 1. The molecular weight excluding hydrogens is 367 g/mol. The summed E-state index contributed by atoms with van der Waals surface area (Å²) in [4.78, 5) is 9.19. The van der Waals surface area contributed by atoms with Gasteiger partial charge < -0.3 is 11.1 Å². The van der Waals surface area contributed by atoms with E-state index in [4.69, 9.17) is 5.73 Å². The first kappa shape index (κ1) is 18.9. The van der Waals surface area contributed by atoms with Crippen LogP contribution in [0.3, 0.4) is 0 Å². The van der Waals surface area contributed by atoms with Crippen LogP contribution in [0.15, 0.2) is 54.6 Å². The third-order valence-electron chi connectivity index (χ3n) is 4.58. The van der Waals surface area contributed by atoms with Gasteiger partial charge in [-0.1, -0.05) is 56.3 Å².